The number of carbonyl (C=O) groups is 2. The van der Waals surface area contributed by atoms with E-state index in [1.165, 1.54) is 35.9 Å². The van der Waals surface area contributed by atoms with E-state index < -0.39 is 5.82 Å². The van der Waals surface area contributed by atoms with E-state index in [9.17, 15) is 14.0 Å². The van der Waals surface area contributed by atoms with Crippen molar-refractivity contribution < 1.29 is 14.0 Å². The third kappa shape index (κ3) is 3.06. The smallest absolute Gasteiger partial charge is 0.253 e. The van der Waals surface area contributed by atoms with Crippen molar-refractivity contribution in [2.75, 3.05) is 0 Å². The molecular weight excluding hydrogens is 307 g/mol. The lowest BCUT2D eigenvalue weighted by Gasteiger charge is -2.05. The van der Waals surface area contributed by atoms with E-state index in [4.69, 9.17) is 0 Å². The van der Waals surface area contributed by atoms with E-state index in [0.29, 0.717) is 23.0 Å². The fourth-order valence-electron chi connectivity index (χ4n) is 2.74. The first-order chi connectivity index (χ1) is 11.5. The van der Waals surface area contributed by atoms with Gasteiger partial charge in [-0.2, -0.15) is 0 Å². The first-order valence-corrected chi connectivity index (χ1v) is 7.61. The van der Waals surface area contributed by atoms with E-state index in [1.54, 1.807) is 0 Å². The number of benzene rings is 2. The van der Waals surface area contributed by atoms with Crippen LogP contribution in [0.25, 0.3) is 10.9 Å². The average Bonchev–Trinajstić information content (AvgIpc) is 2.91. The van der Waals surface area contributed by atoms with Crippen molar-refractivity contribution in [1.82, 2.24) is 9.88 Å². The second-order valence-electron chi connectivity index (χ2n) is 5.76. The maximum absolute atomic E-state index is 13.5. The molecule has 0 bridgehead atoms. The molecule has 24 heavy (non-hydrogen) atoms. The summed E-state index contributed by atoms with van der Waals surface area (Å²) in [4.78, 5) is 24.2. The Labute approximate surface area is 138 Å². The third-order valence-corrected chi connectivity index (χ3v) is 3.89. The summed E-state index contributed by atoms with van der Waals surface area (Å²) < 4.78 is 14.8. The van der Waals surface area contributed by atoms with Crippen LogP contribution >= 0.6 is 0 Å². The third-order valence-electron chi connectivity index (χ3n) is 3.89. The number of nitrogens with one attached hydrogen (secondary N) is 1. The molecule has 122 valence electrons. The summed E-state index contributed by atoms with van der Waals surface area (Å²) in [5.41, 5.74) is 2.85. The lowest BCUT2D eigenvalue weighted by Crippen LogP contribution is -2.22. The Kier molecular flexibility index (Phi) is 4.16. The van der Waals surface area contributed by atoms with Gasteiger partial charge in [0.25, 0.3) is 5.91 Å². The number of hydrogen-bond acceptors (Lipinski definition) is 2. The number of nitrogens with zero attached hydrogens (tertiary/aromatic N) is 1. The van der Waals surface area contributed by atoms with Crippen LogP contribution in [-0.2, 0) is 6.54 Å². The van der Waals surface area contributed by atoms with Crippen LogP contribution in [-0.4, -0.2) is 16.4 Å². The SMILES string of the molecule is CC(=O)n1cc(C(=O)NCc2cccc(C)c2)c2ccc(F)cc21. The van der Waals surface area contributed by atoms with E-state index >= 15 is 0 Å². The topological polar surface area (TPSA) is 51.1 Å². The maximum Gasteiger partial charge on any atom is 0.253 e. The number of hydrogen-bond donors (Lipinski definition) is 1. The van der Waals surface area contributed by atoms with Crippen molar-refractivity contribution in [3.63, 3.8) is 0 Å². The summed E-state index contributed by atoms with van der Waals surface area (Å²) in [6, 6.07) is 11.9. The Hall–Kier alpha value is -2.95. The van der Waals surface area contributed by atoms with Crippen LogP contribution in [0.4, 0.5) is 4.39 Å². The summed E-state index contributed by atoms with van der Waals surface area (Å²) in [5.74, 6) is -1.02. The molecule has 0 saturated heterocycles. The molecule has 0 radical (unpaired) electrons. The second-order valence-corrected chi connectivity index (χ2v) is 5.76. The lowest BCUT2D eigenvalue weighted by molar-refractivity contribution is 0.0941. The van der Waals surface area contributed by atoms with E-state index in [1.807, 2.05) is 31.2 Å². The molecule has 0 fully saturated rings. The van der Waals surface area contributed by atoms with E-state index in [2.05, 4.69) is 5.32 Å². The number of fused-ring (bicyclic) bond motifs is 1. The predicted molar refractivity (Wildman–Crippen MR) is 90.5 cm³/mol. The number of aryl methyl sites for hydroxylation is 1. The van der Waals surface area contributed by atoms with E-state index in [0.717, 1.165) is 11.1 Å². The van der Waals surface area contributed by atoms with Crippen molar-refractivity contribution >= 4 is 22.7 Å². The zero-order valence-corrected chi connectivity index (χ0v) is 13.5. The monoisotopic (exact) mass is 324 g/mol. The van der Waals surface area contributed by atoms with Crippen LogP contribution < -0.4 is 5.32 Å². The van der Waals surface area contributed by atoms with E-state index in [-0.39, 0.29) is 11.8 Å². The first kappa shape index (κ1) is 15.9. The molecule has 3 rings (SSSR count). The molecule has 1 heterocycles. The number of aromatic nitrogens is 1. The van der Waals surface area contributed by atoms with Crippen LogP contribution in [0.15, 0.2) is 48.7 Å². The highest BCUT2D eigenvalue weighted by atomic mass is 19.1. The quantitative estimate of drug-likeness (QED) is 0.799. The van der Waals surface area contributed by atoms with Crippen molar-refractivity contribution in [3.8, 4) is 0 Å². The highest BCUT2D eigenvalue weighted by Gasteiger charge is 2.17. The molecule has 0 aliphatic heterocycles. The molecule has 0 aliphatic rings. The molecule has 4 nitrogen and oxygen atoms in total. The van der Waals surface area contributed by atoms with Crippen LogP contribution in [0.3, 0.4) is 0 Å². The lowest BCUT2D eigenvalue weighted by atomic mass is 10.1. The van der Waals surface area contributed by atoms with Gasteiger partial charge in [-0.3, -0.25) is 14.2 Å². The normalized spacial score (nSPS) is 10.8. The van der Waals surface area contributed by atoms with Gasteiger partial charge >= 0.3 is 0 Å². The molecule has 2 aromatic carbocycles. The zero-order chi connectivity index (χ0) is 17.3. The van der Waals surface area contributed by atoms with Gasteiger partial charge in [-0.1, -0.05) is 29.8 Å². The summed E-state index contributed by atoms with van der Waals surface area (Å²) in [7, 11) is 0. The van der Waals surface area contributed by atoms with Gasteiger partial charge in [0, 0.05) is 25.1 Å². The second kappa shape index (κ2) is 6.28. The zero-order valence-electron chi connectivity index (χ0n) is 13.5. The van der Waals surface area contributed by atoms with Gasteiger partial charge in [-0.15, -0.1) is 0 Å². The van der Waals surface area contributed by atoms with Gasteiger partial charge in [0.1, 0.15) is 5.82 Å². The van der Waals surface area contributed by atoms with Crippen LogP contribution in [0.5, 0.6) is 0 Å². The number of amides is 1. The highest BCUT2D eigenvalue weighted by molar-refractivity contribution is 6.09. The molecule has 0 saturated carbocycles. The Bertz CT molecular complexity index is 944. The van der Waals surface area contributed by atoms with Crippen molar-refractivity contribution in [2.45, 2.75) is 20.4 Å². The largest absolute Gasteiger partial charge is 0.348 e. The summed E-state index contributed by atoms with van der Waals surface area (Å²) >= 11 is 0. The van der Waals surface area contributed by atoms with Gasteiger partial charge in [0.2, 0.25) is 5.91 Å². The Morgan fingerprint density at radius 2 is 1.96 bits per heavy atom. The fourth-order valence-corrected chi connectivity index (χ4v) is 2.74. The van der Waals surface area contributed by atoms with Crippen LogP contribution in [0, 0.1) is 12.7 Å². The highest BCUT2D eigenvalue weighted by Crippen LogP contribution is 2.22. The Morgan fingerprint density at radius 3 is 2.67 bits per heavy atom. The Balaban J connectivity index is 1.91. The van der Waals surface area contributed by atoms with Crippen molar-refractivity contribution in [1.29, 1.82) is 0 Å². The molecule has 1 aromatic heterocycles. The minimum atomic E-state index is -0.449. The molecule has 0 spiro atoms. The molecule has 0 atom stereocenters. The molecular formula is C19H17FN2O2. The molecule has 1 N–H and O–H groups in total. The van der Waals surface area contributed by atoms with Gasteiger partial charge in [-0.05, 0) is 30.7 Å². The number of carbonyl (C=O) groups excluding carboxylic acids is 2. The van der Waals surface area contributed by atoms with Gasteiger partial charge in [0.15, 0.2) is 0 Å². The molecule has 3 aromatic rings. The standard InChI is InChI=1S/C19H17FN2O2/c1-12-4-3-5-14(8-12)10-21-19(24)17-11-22(13(2)23)18-9-15(20)6-7-16(17)18/h3-9,11H,10H2,1-2H3,(H,21,24). The van der Waals surface area contributed by atoms with Crippen molar-refractivity contribution in [3.05, 3.63) is 71.2 Å². The summed E-state index contributed by atoms with van der Waals surface area (Å²) in [6.45, 7) is 3.74. The molecule has 5 heteroatoms. The van der Waals surface area contributed by atoms with Gasteiger partial charge < -0.3 is 5.32 Å². The first-order valence-electron chi connectivity index (χ1n) is 7.61. The fraction of sp³-hybridized carbons (Fsp3) is 0.158. The van der Waals surface area contributed by atoms with Gasteiger partial charge in [0.05, 0.1) is 11.1 Å². The Morgan fingerprint density at radius 1 is 1.17 bits per heavy atom. The predicted octanol–water partition coefficient (Wildman–Crippen LogP) is 3.68. The summed E-state index contributed by atoms with van der Waals surface area (Å²) in [6.07, 6.45) is 1.46. The van der Waals surface area contributed by atoms with Crippen LogP contribution in [0.2, 0.25) is 0 Å². The average molecular weight is 324 g/mol. The summed E-state index contributed by atoms with van der Waals surface area (Å²) in [5, 5.41) is 3.39. The van der Waals surface area contributed by atoms with Crippen LogP contribution in [0.1, 0.15) is 33.2 Å². The molecule has 0 unspecified atom stereocenters. The number of halogens is 1. The molecule has 0 aliphatic carbocycles. The van der Waals surface area contributed by atoms with Crippen molar-refractivity contribution in [2.24, 2.45) is 0 Å². The minimum absolute atomic E-state index is 0.275. The molecule has 1 amide bonds. The maximum atomic E-state index is 13.5. The van der Waals surface area contributed by atoms with Gasteiger partial charge in [-0.25, -0.2) is 4.39 Å². The number of rotatable bonds is 3. The minimum Gasteiger partial charge on any atom is -0.348 e.